The SMILES string of the molecule is C=C(C)C(=O)OC1(C(C)C)CCCc2c(C(F)(F)F)ccc(C(F)(F)F)c21. The van der Waals surface area contributed by atoms with Gasteiger partial charge in [0.05, 0.1) is 11.1 Å². The lowest BCUT2D eigenvalue weighted by molar-refractivity contribution is -0.169. The van der Waals surface area contributed by atoms with E-state index >= 15 is 0 Å². The van der Waals surface area contributed by atoms with E-state index in [0.717, 1.165) is 0 Å². The standard InChI is InChI=1S/C19H20F6O2/c1-10(2)16(26)27-17(11(3)4)9-5-6-12-13(18(20,21)22)7-8-14(15(12)17)19(23,24)25/h7-8,11H,1,5-6,9H2,2-4H3. The highest BCUT2D eigenvalue weighted by molar-refractivity contribution is 5.87. The molecule has 1 aromatic carbocycles. The Bertz CT molecular complexity index is 761. The minimum absolute atomic E-state index is 0.00107. The monoisotopic (exact) mass is 394 g/mol. The summed E-state index contributed by atoms with van der Waals surface area (Å²) in [4.78, 5) is 12.1. The molecule has 0 aromatic heterocycles. The number of esters is 1. The summed E-state index contributed by atoms with van der Waals surface area (Å²) in [6.45, 7) is 7.81. The summed E-state index contributed by atoms with van der Waals surface area (Å²) in [5.74, 6) is -1.61. The molecular formula is C19H20F6O2. The summed E-state index contributed by atoms with van der Waals surface area (Å²) in [5, 5.41) is 0. The van der Waals surface area contributed by atoms with Gasteiger partial charge in [-0.1, -0.05) is 20.4 Å². The molecule has 1 atom stereocenters. The molecule has 0 fully saturated rings. The molecule has 1 aromatic rings. The molecule has 0 N–H and O–H groups in total. The lowest BCUT2D eigenvalue weighted by Crippen LogP contribution is -2.43. The molecule has 8 heteroatoms. The number of hydrogen-bond acceptors (Lipinski definition) is 2. The molecule has 0 radical (unpaired) electrons. The minimum Gasteiger partial charge on any atom is -0.451 e. The van der Waals surface area contributed by atoms with Crippen molar-refractivity contribution in [1.29, 1.82) is 0 Å². The first kappa shape index (κ1) is 21.3. The number of carbonyl (C=O) groups is 1. The Kier molecular flexibility index (Phi) is 5.42. The van der Waals surface area contributed by atoms with Gasteiger partial charge in [-0.25, -0.2) is 4.79 Å². The number of rotatable bonds is 3. The second-order valence-electron chi connectivity index (χ2n) is 7.08. The number of ether oxygens (including phenoxy) is 1. The molecule has 1 aliphatic rings. The van der Waals surface area contributed by atoms with Gasteiger partial charge in [-0.3, -0.25) is 0 Å². The summed E-state index contributed by atoms with van der Waals surface area (Å²) in [5.41, 5.74) is -5.21. The molecule has 0 aliphatic heterocycles. The van der Waals surface area contributed by atoms with Crippen molar-refractivity contribution in [3.8, 4) is 0 Å². The number of carbonyl (C=O) groups excluding carboxylic acids is 1. The van der Waals surface area contributed by atoms with Crippen LogP contribution < -0.4 is 0 Å². The molecule has 1 aliphatic carbocycles. The Hall–Kier alpha value is -1.99. The number of fused-ring (bicyclic) bond motifs is 1. The van der Waals surface area contributed by atoms with Gasteiger partial charge >= 0.3 is 18.3 Å². The topological polar surface area (TPSA) is 26.3 Å². The van der Waals surface area contributed by atoms with Crippen LogP contribution in [0.1, 0.15) is 55.9 Å². The van der Waals surface area contributed by atoms with Crippen LogP contribution in [-0.2, 0) is 33.9 Å². The third-order valence-corrected chi connectivity index (χ3v) is 4.88. The van der Waals surface area contributed by atoms with Crippen molar-refractivity contribution in [3.05, 3.63) is 46.5 Å². The van der Waals surface area contributed by atoms with Crippen molar-refractivity contribution in [1.82, 2.24) is 0 Å². The first-order valence-corrected chi connectivity index (χ1v) is 8.41. The average molecular weight is 394 g/mol. The average Bonchev–Trinajstić information content (AvgIpc) is 2.51. The fraction of sp³-hybridized carbons (Fsp3) is 0.526. The Labute approximate surface area is 153 Å². The Morgan fingerprint density at radius 2 is 1.63 bits per heavy atom. The van der Waals surface area contributed by atoms with Gasteiger partial charge in [0.1, 0.15) is 5.60 Å². The maximum absolute atomic E-state index is 13.7. The maximum Gasteiger partial charge on any atom is 0.416 e. The second-order valence-corrected chi connectivity index (χ2v) is 7.08. The first-order valence-electron chi connectivity index (χ1n) is 8.41. The number of halogens is 6. The van der Waals surface area contributed by atoms with Gasteiger partial charge < -0.3 is 4.74 Å². The first-order chi connectivity index (χ1) is 12.2. The highest BCUT2D eigenvalue weighted by Gasteiger charge is 2.51. The van der Waals surface area contributed by atoms with Gasteiger partial charge in [0, 0.05) is 11.1 Å². The molecule has 2 nitrogen and oxygen atoms in total. The van der Waals surface area contributed by atoms with E-state index in [1.165, 1.54) is 20.8 Å². The summed E-state index contributed by atoms with van der Waals surface area (Å²) in [7, 11) is 0. The lowest BCUT2D eigenvalue weighted by Gasteiger charge is -2.44. The van der Waals surface area contributed by atoms with Crippen LogP contribution in [-0.4, -0.2) is 5.97 Å². The Balaban J connectivity index is 2.88. The van der Waals surface area contributed by atoms with Crippen molar-refractivity contribution in [2.24, 2.45) is 5.92 Å². The Morgan fingerprint density at radius 3 is 2.07 bits per heavy atom. The van der Waals surface area contributed by atoms with Crippen LogP contribution in [0.25, 0.3) is 0 Å². The fourth-order valence-corrected chi connectivity index (χ4v) is 3.60. The van der Waals surface area contributed by atoms with E-state index < -0.39 is 52.1 Å². The van der Waals surface area contributed by atoms with Crippen LogP contribution in [0.3, 0.4) is 0 Å². The van der Waals surface area contributed by atoms with Crippen molar-refractivity contribution in [2.75, 3.05) is 0 Å². The molecule has 27 heavy (non-hydrogen) atoms. The number of alkyl halides is 6. The van der Waals surface area contributed by atoms with E-state index in [4.69, 9.17) is 4.74 Å². The van der Waals surface area contributed by atoms with Gasteiger partial charge in [0.2, 0.25) is 0 Å². The van der Waals surface area contributed by atoms with E-state index in [0.29, 0.717) is 12.1 Å². The van der Waals surface area contributed by atoms with Crippen molar-refractivity contribution >= 4 is 5.97 Å². The molecule has 1 unspecified atom stereocenters. The quantitative estimate of drug-likeness (QED) is 0.355. The van der Waals surface area contributed by atoms with Crippen LogP contribution in [0.15, 0.2) is 24.3 Å². The third kappa shape index (κ3) is 3.84. The number of benzene rings is 1. The van der Waals surface area contributed by atoms with Crippen LogP contribution >= 0.6 is 0 Å². The molecular weight excluding hydrogens is 374 g/mol. The Morgan fingerprint density at radius 1 is 1.11 bits per heavy atom. The minimum atomic E-state index is -4.89. The lowest BCUT2D eigenvalue weighted by atomic mass is 9.69. The highest BCUT2D eigenvalue weighted by atomic mass is 19.4. The second kappa shape index (κ2) is 6.87. The van der Waals surface area contributed by atoms with Gasteiger partial charge in [-0.15, -0.1) is 0 Å². The molecule has 0 heterocycles. The number of hydrogen-bond donors (Lipinski definition) is 0. The maximum atomic E-state index is 13.7. The predicted molar refractivity (Wildman–Crippen MR) is 86.8 cm³/mol. The normalized spacial score (nSPS) is 20.4. The smallest absolute Gasteiger partial charge is 0.416 e. The van der Waals surface area contributed by atoms with E-state index in [9.17, 15) is 31.1 Å². The van der Waals surface area contributed by atoms with Gasteiger partial charge in [-0.2, -0.15) is 26.3 Å². The molecule has 0 saturated heterocycles. The molecule has 0 spiro atoms. The molecule has 2 rings (SSSR count). The van der Waals surface area contributed by atoms with E-state index in [2.05, 4.69) is 6.58 Å². The van der Waals surface area contributed by atoms with Crippen molar-refractivity contribution < 1.29 is 35.9 Å². The fourth-order valence-electron chi connectivity index (χ4n) is 3.60. The van der Waals surface area contributed by atoms with E-state index in [1.54, 1.807) is 0 Å². The summed E-state index contributed by atoms with van der Waals surface area (Å²) in [6.07, 6.45) is -9.71. The van der Waals surface area contributed by atoms with Crippen LogP contribution in [0, 0.1) is 5.92 Å². The zero-order chi connectivity index (χ0) is 20.8. The largest absolute Gasteiger partial charge is 0.451 e. The molecule has 0 saturated carbocycles. The van der Waals surface area contributed by atoms with Crippen LogP contribution in [0.5, 0.6) is 0 Å². The van der Waals surface area contributed by atoms with E-state index in [1.807, 2.05) is 0 Å². The highest BCUT2D eigenvalue weighted by Crippen LogP contribution is 2.52. The molecule has 0 bridgehead atoms. The van der Waals surface area contributed by atoms with Crippen LogP contribution in [0.2, 0.25) is 0 Å². The molecule has 150 valence electrons. The van der Waals surface area contributed by atoms with Gasteiger partial charge in [0.25, 0.3) is 0 Å². The van der Waals surface area contributed by atoms with Gasteiger partial charge in [-0.05, 0) is 49.8 Å². The zero-order valence-corrected chi connectivity index (χ0v) is 15.1. The van der Waals surface area contributed by atoms with Crippen molar-refractivity contribution in [3.63, 3.8) is 0 Å². The zero-order valence-electron chi connectivity index (χ0n) is 15.1. The van der Waals surface area contributed by atoms with E-state index in [-0.39, 0.29) is 24.8 Å². The van der Waals surface area contributed by atoms with Gasteiger partial charge in [0.15, 0.2) is 0 Å². The summed E-state index contributed by atoms with van der Waals surface area (Å²) < 4.78 is 86.8. The summed E-state index contributed by atoms with van der Waals surface area (Å²) >= 11 is 0. The van der Waals surface area contributed by atoms with Crippen molar-refractivity contribution in [2.45, 2.75) is 58.0 Å². The van der Waals surface area contributed by atoms with Crippen LogP contribution in [0.4, 0.5) is 26.3 Å². The summed E-state index contributed by atoms with van der Waals surface area (Å²) in [6, 6.07) is 0.886. The predicted octanol–water partition coefficient (Wildman–Crippen LogP) is 6.03. The third-order valence-electron chi connectivity index (χ3n) is 4.88. The molecule has 0 amide bonds.